The largest absolute Gasteiger partial charge is 0.491 e. The van der Waals surface area contributed by atoms with E-state index in [1.165, 1.54) is 0 Å². The Morgan fingerprint density at radius 2 is 2.04 bits per heavy atom. The molecule has 1 amide bonds. The molecule has 0 unspecified atom stereocenters. The summed E-state index contributed by atoms with van der Waals surface area (Å²) in [6.45, 7) is 11.2. The van der Waals surface area contributed by atoms with Crippen molar-refractivity contribution in [1.29, 1.82) is 0 Å². The van der Waals surface area contributed by atoms with Crippen molar-refractivity contribution in [3.63, 3.8) is 0 Å². The van der Waals surface area contributed by atoms with Crippen LogP contribution in [0.1, 0.15) is 53.9 Å². The molecule has 2 rings (SSSR count). The maximum absolute atomic E-state index is 13.0. The summed E-state index contributed by atoms with van der Waals surface area (Å²) in [7, 11) is 0. The van der Waals surface area contributed by atoms with Gasteiger partial charge in [0.25, 0.3) is 5.91 Å². The second-order valence-corrected chi connectivity index (χ2v) is 7.43. The van der Waals surface area contributed by atoms with Gasteiger partial charge < -0.3 is 14.8 Å². The van der Waals surface area contributed by atoms with E-state index in [-0.39, 0.29) is 5.91 Å². The zero-order chi connectivity index (χ0) is 19.9. The average Bonchev–Trinajstić information content (AvgIpc) is 2.63. The van der Waals surface area contributed by atoms with Crippen molar-refractivity contribution in [2.45, 2.75) is 59.5 Å². The van der Waals surface area contributed by atoms with Crippen LogP contribution in [0.2, 0.25) is 0 Å². The predicted molar refractivity (Wildman–Crippen MR) is 110 cm³/mol. The third-order valence-corrected chi connectivity index (χ3v) is 4.48. The third-order valence-electron chi connectivity index (χ3n) is 4.48. The lowest BCUT2D eigenvalue weighted by molar-refractivity contribution is -0.140. The molecule has 0 bridgehead atoms. The molecule has 0 saturated carbocycles. The standard InChI is InChI=1S/C22H32N2O3/c1-6-8-14-26-19-12-11-18(17-10-9-13-23-20(17)19)24-21(25)22(5,27-7-2)15-16(3)4/h9-13,16H,6-8,14-15H2,1-5H3,(H,24,25)/t22-/m1/s1. The van der Waals surface area contributed by atoms with E-state index in [1.54, 1.807) is 6.20 Å². The van der Waals surface area contributed by atoms with Crippen LogP contribution in [0.3, 0.4) is 0 Å². The van der Waals surface area contributed by atoms with Crippen LogP contribution < -0.4 is 10.1 Å². The lowest BCUT2D eigenvalue weighted by Gasteiger charge is -2.30. The molecule has 0 aliphatic heterocycles. The number of hydrogen-bond donors (Lipinski definition) is 1. The monoisotopic (exact) mass is 372 g/mol. The lowest BCUT2D eigenvalue weighted by atomic mass is 9.93. The summed E-state index contributed by atoms with van der Waals surface area (Å²) in [4.78, 5) is 17.5. The quantitative estimate of drug-likeness (QED) is 0.583. The van der Waals surface area contributed by atoms with Crippen molar-refractivity contribution in [2.24, 2.45) is 5.92 Å². The first-order chi connectivity index (χ1) is 12.9. The van der Waals surface area contributed by atoms with Gasteiger partial charge in [-0.1, -0.05) is 27.2 Å². The first-order valence-electron chi connectivity index (χ1n) is 9.87. The molecule has 1 heterocycles. The van der Waals surface area contributed by atoms with Gasteiger partial charge in [-0.25, -0.2) is 0 Å². The summed E-state index contributed by atoms with van der Waals surface area (Å²) in [5.41, 5.74) is 0.613. The molecule has 0 fully saturated rings. The van der Waals surface area contributed by atoms with Crippen LogP contribution >= 0.6 is 0 Å². The summed E-state index contributed by atoms with van der Waals surface area (Å²) in [6.07, 6.45) is 4.46. The topological polar surface area (TPSA) is 60.5 Å². The maximum Gasteiger partial charge on any atom is 0.256 e. The number of rotatable bonds is 10. The molecule has 1 aromatic carbocycles. The lowest BCUT2D eigenvalue weighted by Crippen LogP contribution is -2.44. The Morgan fingerprint density at radius 1 is 1.26 bits per heavy atom. The van der Waals surface area contributed by atoms with E-state index >= 15 is 0 Å². The van der Waals surface area contributed by atoms with Gasteiger partial charge in [0.15, 0.2) is 0 Å². The number of unbranched alkanes of at least 4 members (excludes halogenated alkanes) is 1. The molecular formula is C22H32N2O3. The van der Waals surface area contributed by atoms with Gasteiger partial charge in [-0.3, -0.25) is 9.78 Å². The predicted octanol–water partition coefficient (Wildman–Crippen LogP) is 5.19. The molecular weight excluding hydrogens is 340 g/mol. The summed E-state index contributed by atoms with van der Waals surface area (Å²) in [5, 5.41) is 3.91. The zero-order valence-corrected chi connectivity index (χ0v) is 17.2. The number of hydrogen-bond acceptors (Lipinski definition) is 4. The molecule has 148 valence electrons. The number of anilines is 1. The van der Waals surface area contributed by atoms with Gasteiger partial charge >= 0.3 is 0 Å². The molecule has 0 aliphatic rings. The summed E-state index contributed by atoms with van der Waals surface area (Å²) in [5.74, 6) is 0.953. The number of carbonyl (C=O) groups excluding carboxylic acids is 1. The fraction of sp³-hybridized carbons (Fsp3) is 0.545. The van der Waals surface area contributed by atoms with Gasteiger partial charge in [-0.05, 0) is 56.9 Å². The number of fused-ring (bicyclic) bond motifs is 1. The minimum absolute atomic E-state index is 0.136. The van der Waals surface area contributed by atoms with Crippen LogP contribution in [0.25, 0.3) is 10.9 Å². The highest BCUT2D eigenvalue weighted by Crippen LogP contribution is 2.31. The number of nitrogens with zero attached hydrogens (tertiary/aromatic N) is 1. The molecule has 5 heteroatoms. The first-order valence-corrected chi connectivity index (χ1v) is 9.87. The van der Waals surface area contributed by atoms with Gasteiger partial charge in [-0.2, -0.15) is 0 Å². The van der Waals surface area contributed by atoms with E-state index in [0.717, 1.165) is 35.2 Å². The first kappa shape index (κ1) is 21.2. The van der Waals surface area contributed by atoms with Crippen molar-refractivity contribution in [3.05, 3.63) is 30.5 Å². The molecule has 2 aromatic rings. The van der Waals surface area contributed by atoms with E-state index in [0.29, 0.717) is 25.6 Å². The molecule has 1 aromatic heterocycles. The molecule has 5 nitrogen and oxygen atoms in total. The van der Waals surface area contributed by atoms with E-state index in [1.807, 2.05) is 38.1 Å². The average molecular weight is 373 g/mol. The van der Waals surface area contributed by atoms with Crippen molar-refractivity contribution >= 4 is 22.5 Å². The van der Waals surface area contributed by atoms with Gasteiger partial charge in [0.05, 0.1) is 12.3 Å². The van der Waals surface area contributed by atoms with Crippen LogP contribution in [-0.4, -0.2) is 29.7 Å². The van der Waals surface area contributed by atoms with E-state index in [2.05, 4.69) is 31.1 Å². The van der Waals surface area contributed by atoms with Gasteiger partial charge in [-0.15, -0.1) is 0 Å². The van der Waals surface area contributed by atoms with Crippen LogP contribution in [-0.2, 0) is 9.53 Å². The highest BCUT2D eigenvalue weighted by Gasteiger charge is 2.35. The molecule has 1 atom stereocenters. The van der Waals surface area contributed by atoms with Crippen molar-refractivity contribution < 1.29 is 14.3 Å². The van der Waals surface area contributed by atoms with Crippen LogP contribution in [0.4, 0.5) is 5.69 Å². The zero-order valence-electron chi connectivity index (χ0n) is 17.2. The second kappa shape index (κ2) is 9.70. The molecule has 27 heavy (non-hydrogen) atoms. The highest BCUT2D eigenvalue weighted by atomic mass is 16.5. The Hall–Kier alpha value is -2.14. The molecule has 0 spiro atoms. The number of aromatic nitrogens is 1. The molecule has 0 radical (unpaired) electrons. The normalized spacial score (nSPS) is 13.6. The summed E-state index contributed by atoms with van der Waals surface area (Å²) < 4.78 is 11.7. The van der Waals surface area contributed by atoms with E-state index < -0.39 is 5.60 Å². The van der Waals surface area contributed by atoms with E-state index in [4.69, 9.17) is 9.47 Å². The maximum atomic E-state index is 13.0. The van der Waals surface area contributed by atoms with Crippen molar-refractivity contribution in [1.82, 2.24) is 4.98 Å². The van der Waals surface area contributed by atoms with Crippen LogP contribution in [0, 0.1) is 5.92 Å². The Balaban J connectivity index is 2.30. The Kier molecular flexibility index (Phi) is 7.60. The van der Waals surface area contributed by atoms with Gasteiger partial charge in [0, 0.05) is 18.2 Å². The number of pyridine rings is 1. The van der Waals surface area contributed by atoms with Crippen LogP contribution in [0.5, 0.6) is 5.75 Å². The molecule has 0 aliphatic carbocycles. The minimum atomic E-state index is -0.867. The van der Waals surface area contributed by atoms with Gasteiger partial charge in [0.2, 0.25) is 0 Å². The number of amides is 1. The Labute approximate surface area is 162 Å². The Bertz CT molecular complexity index is 760. The SMILES string of the molecule is CCCCOc1ccc(NC(=O)[C@@](C)(CC(C)C)OCC)c2cccnc12. The fourth-order valence-corrected chi connectivity index (χ4v) is 3.27. The van der Waals surface area contributed by atoms with Gasteiger partial charge in [0.1, 0.15) is 16.9 Å². The molecule has 1 N–H and O–H groups in total. The Morgan fingerprint density at radius 3 is 2.70 bits per heavy atom. The fourth-order valence-electron chi connectivity index (χ4n) is 3.27. The van der Waals surface area contributed by atoms with Crippen molar-refractivity contribution in [3.8, 4) is 5.75 Å². The second-order valence-electron chi connectivity index (χ2n) is 7.43. The van der Waals surface area contributed by atoms with E-state index in [9.17, 15) is 4.79 Å². The molecule has 0 saturated heterocycles. The third kappa shape index (κ3) is 5.42. The van der Waals surface area contributed by atoms with Crippen LogP contribution in [0.15, 0.2) is 30.5 Å². The summed E-state index contributed by atoms with van der Waals surface area (Å²) >= 11 is 0. The number of ether oxygens (including phenoxy) is 2. The number of nitrogens with one attached hydrogen (secondary N) is 1. The summed E-state index contributed by atoms with van der Waals surface area (Å²) in [6, 6.07) is 7.57. The smallest absolute Gasteiger partial charge is 0.256 e. The minimum Gasteiger partial charge on any atom is -0.491 e. The van der Waals surface area contributed by atoms with Crippen molar-refractivity contribution in [2.75, 3.05) is 18.5 Å². The number of benzene rings is 1. The highest BCUT2D eigenvalue weighted by molar-refractivity contribution is 6.05. The number of carbonyl (C=O) groups is 1.